The fourth-order valence-corrected chi connectivity index (χ4v) is 2.84. The van der Waals surface area contributed by atoms with E-state index in [9.17, 15) is 4.39 Å². The van der Waals surface area contributed by atoms with Gasteiger partial charge in [0, 0.05) is 23.3 Å². The van der Waals surface area contributed by atoms with E-state index in [-0.39, 0.29) is 5.02 Å². The molecule has 6 heteroatoms. The lowest BCUT2D eigenvalue weighted by Crippen LogP contribution is -2.36. The molecule has 0 aliphatic carbocycles. The summed E-state index contributed by atoms with van der Waals surface area (Å²) in [5.41, 5.74) is 0.899. The predicted molar refractivity (Wildman–Crippen MR) is 87.5 cm³/mol. The molecule has 0 amide bonds. The van der Waals surface area contributed by atoms with Crippen LogP contribution in [0.25, 0.3) is 0 Å². The minimum Gasteiger partial charge on any atom is -0.352 e. The number of rotatable bonds is 4. The molecule has 0 fully saturated rings. The Morgan fingerprint density at radius 3 is 2.62 bits per heavy atom. The number of nitrogens with one attached hydrogen (secondary N) is 2. The van der Waals surface area contributed by atoms with Crippen LogP contribution in [0.5, 0.6) is 0 Å². The SMILES string of the molecule is CN=C(NCc1ccc(F)c(Cl)c1)NCc1ccc(C)s1. The Balaban J connectivity index is 1.86. The molecule has 0 saturated carbocycles. The number of halogens is 2. The Hall–Kier alpha value is -1.59. The smallest absolute Gasteiger partial charge is 0.191 e. The van der Waals surface area contributed by atoms with Gasteiger partial charge in [0.2, 0.25) is 0 Å². The van der Waals surface area contributed by atoms with Gasteiger partial charge < -0.3 is 10.6 Å². The van der Waals surface area contributed by atoms with Crippen molar-refractivity contribution in [2.45, 2.75) is 20.0 Å². The van der Waals surface area contributed by atoms with E-state index in [1.54, 1.807) is 30.5 Å². The third-order valence-corrected chi connectivity index (χ3v) is 4.18. The van der Waals surface area contributed by atoms with Crippen LogP contribution in [0.15, 0.2) is 35.3 Å². The maximum absolute atomic E-state index is 13.1. The van der Waals surface area contributed by atoms with Crippen molar-refractivity contribution < 1.29 is 4.39 Å². The van der Waals surface area contributed by atoms with E-state index in [2.05, 4.69) is 34.7 Å². The quantitative estimate of drug-likeness (QED) is 0.664. The molecule has 1 aromatic carbocycles. The van der Waals surface area contributed by atoms with E-state index in [0.717, 1.165) is 12.1 Å². The molecule has 0 spiro atoms. The first-order valence-electron chi connectivity index (χ1n) is 6.52. The van der Waals surface area contributed by atoms with Crippen LogP contribution in [0.3, 0.4) is 0 Å². The first-order chi connectivity index (χ1) is 10.1. The van der Waals surface area contributed by atoms with E-state index in [4.69, 9.17) is 11.6 Å². The largest absolute Gasteiger partial charge is 0.352 e. The average Bonchev–Trinajstić information content (AvgIpc) is 2.88. The molecule has 0 unspecified atom stereocenters. The lowest BCUT2D eigenvalue weighted by atomic mass is 10.2. The minimum atomic E-state index is -0.406. The number of aliphatic imine (C=N–C) groups is 1. The van der Waals surface area contributed by atoms with Crippen molar-refractivity contribution in [1.29, 1.82) is 0 Å². The number of thiophene rings is 1. The summed E-state index contributed by atoms with van der Waals surface area (Å²) >= 11 is 7.51. The summed E-state index contributed by atoms with van der Waals surface area (Å²) in [4.78, 5) is 6.69. The van der Waals surface area contributed by atoms with Gasteiger partial charge >= 0.3 is 0 Å². The summed E-state index contributed by atoms with van der Waals surface area (Å²) in [6.45, 7) is 3.34. The number of hydrogen-bond acceptors (Lipinski definition) is 2. The summed E-state index contributed by atoms with van der Waals surface area (Å²) in [7, 11) is 1.71. The number of aryl methyl sites for hydroxylation is 1. The third kappa shape index (κ3) is 4.72. The molecule has 2 rings (SSSR count). The van der Waals surface area contributed by atoms with Crippen molar-refractivity contribution in [3.8, 4) is 0 Å². The normalized spacial score (nSPS) is 11.5. The van der Waals surface area contributed by atoms with E-state index < -0.39 is 5.82 Å². The van der Waals surface area contributed by atoms with Crippen LogP contribution in [0, 0.1) is 12.7 Å². The van der Waals surface area contributed by atoms with Crippen molar-refractivity contribution >= 4 is 28.9 Å². The van der Waals surface area contributed by atoms with Crippen LogP contribution in [0.4, 0.5) is 4.39 Å². The number of nitrogens with zero attached hydrogens (tertiary/aromatic N) is 1. The topological polar surface area (TPSA) is 36.4 Å². The van der Waals surface area contributed by atoms with Crippen LogP contribution in [-0.2, 0) is 13.1 Å². The van der Waals surface area contributed by atoms with Gasteiger partial charge in [0.05, 0.1) is 11.6 Å². The molecule has 1 heterocycles. The fourth-order valence-electron chi connectivity index (χ4n) is 1.81. The predicted octanol–water partition coefficient (Wildman–Crippen LogP) is 3.71. The monoisotopic (exact) mass is 325 g/mol. The Labute approximate surface area is 132 Å². The van der Waals surface area contributed by atoms with Gasteiger partial charge in [-0.05, 0) is 36.8 Å². The molecule has 0 aliphatic heterocycles. The molecule has 0 atom stereocenters. The van der Waals surface area contributed by atoms with Crippen molar-refractivity contribution in [2.24, 2.45) is 4.99 Å². The molecule has 1 aromatic heterocycles. The second-order valence-electron chi connectivity index (χ2n) is 4.54. The number of benzene rings is 1. The van der Waals surface area contributed by atoms with Gasteiger partial charge in [-0.15, -0.1) is 11.3 Å². The zero-order chi connectivity index (χ0) is 15.2. The Bertz CT molecular complexity index is 640. The lowest BCUT2D eigenvalue weighted by molar-refractivity contribution is 0.627. The summed E-state index contributed by atoms with van der Waals surface area (Å²) in [6, 6.07) is 8.87. The summed E-state index contributed by atoms with van der Waals surface area (Å²) in [6.07, 6.45) is 0. The molecule has 0 bridgehead atoms. The maximum atomic E-state index is 13.1. The van der Waals surface area contributed by atoms with Gasteiger partial charge in [-0.1, -0.05) is 17.7 Å². The first kappa shape index (κ1) is 15.8. The molecule has 2 aromatic rings. The highest BCUT2D eigenvalue weighted by atomic mass is 35.5. The molecule has 2 N–H and O–H groups in total. The second kappa shape index (κ2) is 7.43. The van der Waals surface area contributed by atoms with Crippen LogP contribution in [-0.4, -0.2) is 13.0 Å². The van der Waals surface area contributed by atoms with Crippen LogP contribution in [0.2, 0.25) is 5.02 Å². The van der Waals surface area contributed by atoms with E-state index >= 15 is 0 Å². The van der Waals surface area contributed by atoms with Crippen molar-refractivity contribution in [2.75, 3.05) is 7.05 Å². The van der Waals surface area contributed by atoms with Gasteiger partial charge in [-0.3, -0.25) is 4.99 Å². The van der Waals surface area contributed by atoms with E-state index in [1.165, 1.54) is 15.8 Å². The Morgan fingerprint density at radius 1 is 1.24 bits per heavy atom. The third-order valence-electron chi connectivity index (χ3n) is 2.89. The molecule has 3 nitrogen and oxygen atoms in total. The zero-order valence-electron chi connectivity index (χ0n) is 11.9. The van der Waals surface area contributed by atoms with Crippen LogP contribution >= 0.6 is 22.9 Å². The molecular formula is C15H17ClFN3S. The first-order valence-corrected chi connectivity index (χ1v) is 7.71. The summed E-state index contributed by atoms with van der Waals surface area (Å²) < 4.78 is 13.1. The highest BCUT2D eigenvalue weighted by molar-refractivity contribution is 7.11. The van der Waals surface area contributed by atoms with Crippen molar-refractivity contribution in [1.82, 2.24) is 10.6 Å². The van der Waals surface area contributed by atoms with Gasteiger partial charge in [0.25, 0.3) is 0 Å². The van der Waals surface area contributed by atoms with Crippen molar-refractivity contribution in [3.63, 3.8) is 0 Å². The Kier molecular flexibility index (Phi) is 5.59. The molecule has 0 saturated heterocycles. The highest BCUT2D eigenvalue weighted by Gasteiger charge is 2.03. The maximum Gasteiger partial charge on any atom is 0.191 e. The Morgan fingerprint density at radius 2 is 2.00 bits per heavy atom. The average molecular weight is 326 g/mol. The number of guanidine groups is 1. The number of hydrogen-bond donors (Lipinski definition) is 2. The highest BCUT2D eigenvalue weighted by Crippen LogP contribution is 2.16. The molecule has 0 radical (unpaired) electrons. The zero-order valence-corrected chi connectivity index (χ0v) is 13.5. The van der Waals surface area contributed by atoms with Gasteiger partial charge in [-0.25, -0.2) is 4.39 Å². The lowest BCUT2D eigenvalue weighted by Gasteiger charge is -2.11. The summed E-state index contributed by atoms with van der Waals surface area (Å²) in [5, 5.41) is 6.54. The van der Waals surface area contributed by atoms with Crippen LogP contribution < -0.4 is 10.6 Å². The van der Waals surface area contributed by atoms with Gasteiger partial charge in [0.15, 0.2) is 5.96 Å². The van der Waals surface area contributed by atoms with E-state index in [0.29, 0.717) is 12.5 Å². The molecule has 21 heavy (non-hydrogen) atoms. The van der Waals surface area contributed by atoms with Gasteiger partial charge in [0.1, 0.15) is 5.82 Å². The van der Waals surface area contributed by atoms with Crippen molar-refractivity contribution in [3.05, 3.63) is 56.5 Å². The molecule has 112 valence electrons. The van der Waals surface area contributed by atoms with Crippen LogP contribution in [0.1, 0.15) is 15.3 Å². The summed E-state index contributed by atoms with van der Waals surface area (Å²) in [5.74, 6) is 0.289. The van der Waals surface area contributed by atoms with E-state index in [1.807, 2.05) is 0 Å². The molecular weight excluding hydrogens is 309 g/mol. The minimum absolute atomic E-state index is 0.131. The fraction of sp³-hybridized carbons (Fsp3) is 0.267. The standard InChI is InChI=1S/C15H17ClFN3S/c1-10-3-5-12(21-10)9-20-15(18-2)19-8-11-4-6-14(17)13(16)7-11/h3-7H,8-9H2,1-2H3,(H2,18,19,20). The van der Waals surface area contributed by atoms with Gasteiger partial charge in [-0.2, -0.15) is 0 Å². The second-order valence-corrected chi connectivity index (χ2v) is 6.32. The molecule has 0 aliphatic rings.